The maximum Gasteiger partial charge on any atom is 0.269 e. The number of hydrogen-bond acceptors (Lipinski definition) is 5. The lowest BCUT2D eigenvalue weighted by Crippen LogP contribution is -2.12. The van der Waals surface area contributed by atoms with E-state index in [1.807, 2.05) is 24.3 Å². The van der Waals surface area contributed by atoms with Gasteiger partial charge in [0.15, 0.2) is 5.78 Å². The number of hydrogen-bond donors (Lipinski definition) is 1. The van der Waals surface area contributed by atoms with Gasteiger partial charge in [-0.25, -0.2) is 0 Å². The molecule has 0 aliphatic rings. The van der Waals surface area contributed by atoms with Crippen LogP contribution in [0.15, 0.2) is 60.7 Å². The van der Waals surface area contributed by atoms with Crippen LogP contribution in [0.4, 0.5) is 5.69 Å². The first-order valence-corrected chi connectivity index (χ1v) is 16.9. The summed E-state index contributed by atoms with van der Waals surface area (Å²) in [5, 5.41) is 20.9. The van der Waals surface area contributed by atoms with Crippen LogP contribution < -0.4 is 4.74 Å². The minimum atomic E-state index is -1.16. The number of ketones is 1. The van der Waals surface area contributed by atoms with Crippen LogP contribution in [-0.4, -0.2) is 22.1 Å². The largest absolute Gasteiger partial charge is 0.461 e. The lowest BCUT2D eigenvalue weighted by Gasteiger charge is -2.10. The van der Waals surface area contributed by atoms with Gasteiger partial charge in [0.1, 0.15) is 5.75 Å². The number of carbonyl (C=O) groups excluding carboxylic acids is 1. The highest BCUT2D eigenvalue weighted by atomic mass is 16.6. The standard InChI is InChI=1S/C37H55NO5/c1-2-3-4-5-6-7-8-9-10-11-12-13-14-15-16-17-18-19-21-32-24-30-35(31-25-32)43-37(40)23-20-22-36(39)33-26-28-34(29-27-33)38(41)42/h20,23-31,37,40H,2-19,21-22H2,1H3. The molecule has 2 aromatic carbocycles. The SMILES string of the molecule is CCCCCCCCCCCCCCCCCCCCc1ccc(OC(O)C=CCC(=O)c2ccc([N+](=O)[O-])cc2)cc1. The monoisotopic (exact) mass is 593 g/mol. The van der Waals surface area contributed by atoms with Crippen LogP contribution in [0, 0.1) is 10.1 Å². The molecule has 43 heavy (non-hydrogen) atoms. The van der Waals surface area contributed by atoms with Crippen LogP contribution in [0.3, 0.4) is 0 Å². The summed E-state index contributed by atoms with van der Waals surface area (Å²) < 4.78 is 5.52. The molecule has 0 amide bonds. The van der Waals surface area contributed by atoms with Crippen LogP contribution in [0.25, 0.3) is 0 Å². The zero-order valence-electron chi connectivity index (χ0n) is 26.5. The van der Waals surface area contributed by atoms with Crippen LogP contribution in [-0.2, 0) is 6.42 Å². The molecule has 0 bridgehead atoms. The van der Waals surface area contributed by atoms with E-state index in [0.717, 1.165) is 6.42 Å². The predicted octanol–water partition coefficient (Wildman–Crippen LogP) is 10.7. The van der Waals surface area contributed by atoms with Gasteiger partial charge in [0, 0.05) is 24.1 Å². The predicted molar refractivity (Wildman–Crippen MR) is 177 cm³/mol. The van der Waals surface area contributed by atoms with Gasteiger partial charge in [-0.1, -0.05) is 134 Å². The molecular weight excluding hydrogens is 538 g/mol. The maximum absolute atomic E-state index is 12.2. The second-order valence-electron chi connectivity index (χ2n) is 11.8. The van der Waals surface area contributed by atoms with E-state index >= 15 is 0 Å². The molecule has 0 aliphatic heterocycles. The molecule has 0 heterocycles. The molecule has 0 saturated carbocycles. The molecule has 0 radical (unpaired) electrons. The third-order valence-corrected chi connectivity index (χ3v) is 8.00. The summed E-state index contributed by atoms with van der Waals surface area (Å²) in [6.45, 7) is 2.28. The Balaban J connectivity index is 1.44. The van der Waals surface area contributed by atoms with Crippen LogP contribution in [0.5, 0.6) is 5.75 Å². The van der Waals surface area contributed by atoms with Crippen molar-refractivity contribution in [3.05, 3.63) is 81.9 Å². The van der Waals surface area contributed by atoms with Crippen molar-refractivity contribution in [2.24, 2.45) is 0 Å². The summed E-state index contributed by atoms with van der Waals surface area (Å²) in [6.07, 6.45) is 27.8. The summed E-state index contributed by atoms with van der Waals surface area (Å²) in [7, 11) is 0. The highest BCUT2D eigenvalue weighted by molar-refractivity contribution is 5.97. The second-order valence-corrected chi connectivity index (χ2v) is 11.8. The number of ether oxygens (including phenoxy) is 1. The van der Waals surface area contributed by atoms with E-state index in [4.69, 9.17) is 4.74 Å². The lowest BCUT2D eigenvalue weighted by atomic mass is 10.0. The van der Waals surface area contributed by atoms with E-state index in [9.17, 15) is 20.0 Å². The van der Waals surface area contributed by atoms with Gasteiger partial charge in [-0.05, 0) is 48.7 Å². The summed E-state index contributed by atoms with van der Waals surface area (Å²) in [4.78, 5) is 22.5. The first kappa shape index (κ1) is 36.2. The van der Waals surface area contributed by atoms with Crippen LogP contribution in [0.2, 0.25) is 0 Å². The molecule has 0 spiro atoms. The molecule has 6 nitrogen and oxygen atoms in total. The number of nitrogens with zero attached hydrogens (tertiary/aromatic N) is 1. The van der Waals surface area contributed by atoms with Gasteiger partial charge in [0.25, 0.3) is 5.69 Å². The fourth-order valence-electron chi connectivity index (χ4n) is 5.32. The van der Waals surface area contributed by atoms with Crippen molar-refractivity contribution in [3.8, 4) is 5.75 Å². The van der Waals surface area contributed by atoms with Gasteiger partial charge in [-0.15, -0.1) is 0 Å². The Morgan fingerprint density at radius 3 is 1.67 bits per heavy atom. The number of carbonyl (C=O) groups is 1. The number of nitro groups is 1. The van der Waals surface area contributed by atoms with Gasteiger partial charge < -0.3 is 9.84 Å². The van der Waals surface area contributed by atoms with Crippen molar-refractivity contribution < 1.29 is 19.6 Å². The molecule has 0 aromatic heterocycles. The second kappa shape index (κ2) is 23.5. The Hall–Kier alpha value is -2.99. The Morgan fingerprint density at radius 1 is 0.744 bits per heavy atom. The minimum Gasteiger partial charge on any atom is -0.461 e. The number of aliphatic hydroxyl groups excluding tert-OH is 1. The molecule has 6 heteroatoms. The quantitative estimate of drug-likeness (QED) is 0.0293. The third kappa shape index (κ3) is 17.7. The topological polar surface area (TPSA) is 89.7 Å². The lowest BCUT2D eigenvalue weighted by molar-refractivity contribution is -0.384. The van der Waals surface area contributed by atoms with Crippen LogP contribution in [0.1, 0.15) is 145 Å². The zero-order valence-corrected chi connectivity index (χ0v) is 26.5. The van der Waals surface area contributed by atoms with Gasteiger partial charge in [-0.3, -0.25) is 14.9 Å². The van der Waals surface area contributed by atoms with Crippen molar-refractivity contribution in [2.75, 3.05) is 0 Å². The minimum absolute atomic E-state index is 0.0580. The number of non-ortho nitro benzene ring substituents is 1. The normalized spacial score (nSPS) is 12.0. The zero-order chi connectivity index (χ0) is 31.0. The average Bonchev–Trinajstić information content (AvgIpc) is 3.01. The van der Waals surface area contributed by atoms with E-state index in [0.29, 0.717) is 11.3 Å². The summed E-state index contributed by atoms with van der Waals surface area (Å²) in [6, 6.07) is 13.3. The van der Waals surface area contributed by atoms with E-state index in [1.165, 1.54) is 151 Å². The fourth-order valence-corrected chi connectivity index (χ4v) is 5.32. The van der Waals surface area contributed by atoms with E-state index in [-0.39, 0.29) is 17.9 Å². The number of unbranched alkanes of at least 4 members (excludes halogenated alkanes) is 17. The molecule has 0 fully saturated rings. The molecule has 0 aliphatic carbocycles. The molecule has 1 N–H and O–H groups in total. The fraction of sp³-hybridized carbons (Fsp3) is 0.595. The van der Waals surface area contributed by atoms with Crippen molar-refractivity contribution in [1.29, 1.82) is 0 Å². The number of Topliss-reactive ketones (excluding diaryl/α,β-unsaturated/α-hetero) is 1. The Morgan fingerprint density at radius 2 is 1.21 bits per heavy atom. The Kier molecular flexibility index (Phi) is 19.8. The number of aliphatic hydroxyl groups is 1. The molecule has 0 saturated heterocycles. The van der Waals surface area contributed by atoms with Crippen molar-refractivity contribution >= 4 is 11.5 Å². The number of allylic oxidation sites excluding steroid dienone is 1. The smallest absolute Gasteiger partial charge is 0.269 e. The first-order valence-electron chi connectivity index (χ1n) is 16.9. The molecule has 2 rings (SSSR count). The molecule has 1 unspecified atom stereocenters. The number of nitro benzene ring substituents is 1. The van der Waals surface area contributed by atoms with Gasteiger partial charge in [0.05, 0.1) is 4.92 Å². The molecule has 1 atom stereocenters. The molecule has 238 valence electrons. The first-order chi connectivity index (χ1) is 21.0. The van der Waals surface area contributed by atoms with Crippen molar-refractivity contribution in [3.63, 3.8) is 0 Å². The number of rotatable bonds is 26. The summed E-state index contributed by atoms with van der Waals surface area (Å²) >= 11 is 0. The van der Waals surface area contributed by atoms with Gasteiger partial charge in [0.2, 0.25) is 6.29 Å². The maximum atomic E-state index is 12.2. The van der Waals surface area contributed by atoms with Gasteiger partial charge in [-0.2, -0.15) is 0 Å². The summed E-state index contributed by atoms with van der Waals surface area (Å²) in [5.74, 6) is 0.377. The third-order valence-electron chi connectivity index (χ3n) is 8.00. The van der Waals surface area contributed by atoms with Crippen LogP contribution >= 0.6 is 0 Å². The summed E-state index contributed by atoms with van der Waals surface area (Å²) in [5.41, 5.74) is 1.59. The average molecular weight is 594 g/mol. The molecular formula is C37H55NO5. The van der Waals surface area contributed by atoms with Gasteiger partial charge >= 0.3 is 0 Å². The highest BCUT2D eigenvalue weighted by Gasteiger charge is 2.09. The Labute approximate surface area is 260 Å². The number of aryl methyl sites for hydroxylation is 1. The molecule has 2 aromatic rings. The highest BCUT2D eigenvalue weighted by Crippen LogP contribution is 2.18. The van der Waals surface area contributed by atoms with Crippen molar-refractivity contribution in [1.82, 2.24) is 0 Å². The van der Waals surface area contributed by atoms with E-state index in [1.54, 1.807) is 6.08 Å². The number of benzene rings is 2. The van der Waals surface area contributed by atoms with E-state index < -0.39 is 11.2 Å². The van der Waals surface area contributed by atoms with Crippen molar-refractivity contribution in [2.45, 2.75) is 142 Å². The Bertz CT molecular complexity index is 1030. The van der Waals surface area contributed by atoms with E-state index in [2.05, 4.69) is 6.92 Å².